The van der Waals surface area contributed by atoms with Crippen LogP contribution in [0.25, 0.3) is 0 Å². The summed E-state index contributed by atoms with van der Waals surface area (Å²) in [6.07, 6.45) is -2.68. The third kappa shape index (κ3) is 4.95. The molecule has 0 aliphatic heterocycles. The lowest BCUT2D eigenvalue weighted by molar-refractivity contribution is -0.153. The molecule has 2 rings (SSSR count). The zero-order valence-electron chi connectivity index (χ0n) is 12.4. The minimum Gasteiger partial charge on any atom is -0.484 e. The lowest BCUT2D eigenvalue weighted by atomic mass is 10.1. The van der Waals surface area contributed by atoms with Gasteiger partial charge in [-0.2, -0.15) is 13.2 Å². The Morgan fingerprint density at radius 2 is 1.91 bits per heavy atom. The lowest BCUT2D eigenvalue weighted by Crippen LogP contribution is -2.20. The van der Waals surface area contributed by atoms with E-state index in [1.807, 2.05) is 26.0 Å². The molecule has 1 N–H and O–H groups in total. The van der Waals surface area contributed by atoms with Crippen molar-refractivity contribution in [3.63, 3.8) is 0 Å². The van der Waals surface area contributed by atoms with E-state index < -0.39 is 12.8 Å². The zero-order valence-corrected chi connectivity index (χ0v) is 12.4. The fourth-order valence-corrected chi connectivity index (χ4v) is 1.95. The summed E-state index contributed by atoms with van der Waals surface area (Å²) < 4.78 is 41.9. The summed E-state index contributed by atoms with van der Waals surface area (Å²) in [5.74, 6) is 0.246. The molecule has 3 nitrogen and oxygen atoms in total. The number of aromatic nitrogens is 1. The largest absolute Gasteiger partial charge is 0.484 e. The van der Waals surface area contributed by atoms with Crippen LogP contribution < -0.4 is 10.1 Å². The summed E-state index contributed by atoms with van der Waals surface area (Å²) in [5, 5.41) is 3.16. The molecule has 6 heteroatoms. The SMILES string of the molecule is Cc1ccc(CNc2ccnc(C)c2)c(OCC(F)(F)F)c1. The van der Waals surface area contributed by atoms with Crippen LogP contribution in [0.3, 0.4) is 0 Å². The molecule has 2 aromatic rings. The summed E-state index contributed by atoms with van der Waals surface area (Å²) in [6.45, 7) is 2.76. The lowest BCUT2D eigenvalue weighted by Gasteiger charge is -2.15. The highest BCUT2D eigenvalue weighted by Gasteiger charge is 2.28. The molecule has 0 amide bonds. The first kappa shape index (κ1) is 16.1. The van der Waals surface area contributed by atoms with Crippen LogP contribution in [0.5, 0.6) is 5.75 Å². The van der Waals surface area contributed by atoms with Crippen LogP contribution >= 0.6 is 0 Å². The van der Waals surface area contributed by atoms with Crippen molar-refractivity contribution in [3.05, 3.63) is 53.3 Å². The van der Waals surface area contributed by atoms with E-state index in [9.17, 15) is 13.2 Å². The van der Waals surface area contributed by atoms with E-state index in [1.54, 1.807) is 24.4 Å². The van der Waals surface area contributed by atoms with Crippen LogP contribution in [0.15, 0.2) is 36.5 Å². The number of hydrogen-bond acceptors (Lipinski definition) is 3. The molecule has 0 aliphatic carbocycles. The van der Waals surface area contributed by atoms with E-state index in [2.05, 4.69) is 10.3 Å². The Morgan fingerprint density at radius 1 is 1.14 bits per heavy atom. The Hall–Kier alpha value is -2.24. The van der Waals surface area contributed by atoms with Gasteiger partial charge in [0.15, 0.2) is 6.61 Å². The molecule has 0 spiro atoms. The maximum absolute atomic E-state index is 12.3. The second kappa shape index (κ2) is 6.68. The topological polar surface area (TPSA) is 34.2 Å². The molecule has 1 aromatic heterocycles. The molecule has 0 unspecified atom stereocenters. The molecular formula is C16H17F3N2O. The second-order valence-electron chi connectivity index (χ2n) is 5.05. The molecule has 0 saturated heterocycles. The number of aryl methyl sites for hydroxylation is 2. The van der Waals surface area contributed by atoms with Crippen molar-refractivity contribution in [1.29, 1.82) is 0 Å². The Balaban J connectivity index is 2.09. The third-order valence-electron chi connectivity index (χ3n) is 2.99. The maximum Gasteiger partial charge on any atom is 0.422 e. The van der Waals surface area contributed by atoms with Crippen molar-refractivity contribution >= 4 is 5.69 Å². The van der Waals surface area contributed by atoms with Gasteiger partial charge < -0.3 is 10.1 Å². The fourth-order valence-electron chi connectivity index (χ4n) is 1.95. The van der Waals surface area contributed by atoms with Crippen molar-refractivity contribution < 1.29 is 17.9 Å². The highest BCUT2D eigenvalue weighted by atomic mass is 19.4. The average molecular weight is 310 g/mol. The summed E-state index contributed by atoms with van der Waals surface area (Å²) in [7, 11) is 0. The average Bonchev–Trinajstić information content (AvgIpc) is 2.43. The van der Waals surface area contributed by atoms with Crippen molar-refractivity contribution in [2.24, 2.45) is 0 Å². The summed E-state index contributed by atoms with van der Waals surface area (Å²) in [6, 6.07) is 8.89. The third-order valence-corrected chi connectivity index (χ3v) is 2.99. The monoisotopic (exact) mass is 310 g/mol. The number of nitrogens with zero attached hydrogens (tertiary/aromatic N) is 1. The van der Waals surface area contributed by atoms with Crippen LogP contribution in [0.4, 0.5) is 18.9 Å². The molecule has 118 valence electrons. The number of alkyl halides is 3. The van der Waals surface area contributed by atoms with Crippen LogP contribution in [-0.4, -0.2) is 17.8 Å². The number of nitrogens with one attached hydrogen (secondary N) is 1. The van der Waals surface area contributed by atoms with Gasteiger partial charge in [0.2, 0.25) is 0 Å². The Bertz CT molecular complexity index is 642. The van der Waals surface area contributed by atoms with Gasteiger partial charge in [0.1, 0.15) is 5.75 Å². The van der Waals surface area contributed by atoms with Crippen LogP contribution in [-0.2, 0) is 6.54 Å². The second-order valence-corrected chi connectivity index (χ2v) is 5.05. The number of ether oxygens (including phenoxy) is 1. The van der Waals surface area contributed by atoms with Gasteiger partial charge in [0.25, 0.3) is 0 Å². The van der Waals surface area contributed by atoms with Gasteiger partial charge in [-0.15, -0.1) is 0 Å². The summed E-state index contributed by atoms with van der Waals surface area (Å²) in [5.41, 5.74) is 3.24. The molecule has 22 heavy (non-hydrogen) atoms. The molecule has 0 aliphatic rings. The number of benzene rings is 1. The highest BCUT2D eigenvalue weighted by Crippen LogP contribution is 2.24. The predicted molar refractivity (Wildman–Crippen MR) is 79.0 cm³/mol. The van der Waals surface area contributed by atoms with Gasteiger partial charge in [-0.3, -0.25) is 4.98 Å². The Kier molecular flexibility index (Phi) is 4.90. The van der Waals surface area contributed by atoms with Crippen molar-refractivity contribution in [2.45, 2.75) is 26.6 Å². The smallest absolute Gasteiger partial charge is 0.422 e. The van der Waals surface area contributed by atoms with Gasteiger partial charge in [-0.1, -0.05) is 12.1 Å². The maximum atomic E-state index is 12.3. The van der Waals surface area contributed by atoms with Gasteiger partial charge in [0, 0.05) is 29.7 Å². The van der Waals surface area contributed by atoms with Crippen molar-refractivity contribution in [3.8, 4) is 5.75 Å². The van der Waals surface area contributed by atoms with E-state index in [0.29, 0.717) is 12.1 Å². The minimum atomic E-state index is -4.35. The van der Waals surface area contributed by atoms with Gasteiger partial charge in [-0.25, -0.2) is 0 Å². The molecule has 0 bridgehead atoms. The first-order chi connectivity index (χ1) is 10.3. The molecule has 0 fully saturated rings. The van der Waals surface area contributed by atoms with Crippen molar-refractivity contribution in [2.75, 3.05) is 11.9 Å². The van der Waals surface area contributed by atoms with E-state index in [-0.39, 0.29) is 5.75 Å². The quantitative estimate of drug-likeness (QED) is 0.896. The first-order valence-electron chi connectivity index (χ1n) is 6.79. The van der Waals surface area contributed by atoms with Crippen LogP contribution in [0.2, 0.25) is 0 Å². The predicted octanol–water partition coefficient (Wildman–Crippen LogP) is 4.25. The highest BCUT2D eigenvalue weighted by molar-refractivity contribution is 5.46. The van der Waals surface area contributed by atoms with Crippen LogP contribution in [0.1, 0.15) is 16.8 Å². The van der Waals surface area contributed by atoms with Gasteiger partial charge in [-0.05, 0) is 37.6 Å². The number of anilines is 1. The minimum absolute atomic E-state index is 0.246. The molecule has 0 atom stereocenters. The molecule has 1 heterocycles. The number of rotatable bonds is 5. The molecule has 0 radical (unpaired) electrons. The summed E-state index contributed by atoms with van der Waals surface area (Å²) in [4.78, 5) is 4.09. The van der Waals surface area contributed by atoms with Gasteiger partial charge >= 0.3 is 6.18 Å². The first-order valence-corrected chi connectivity index (χ1v) is 6.79. The number of pyridine rings is 1. The van der Waals surface area contributed by atoms with E-state index in [1.165, 1.54) is 0 Å². The van der Waals surface area contributed by atoms with E-state index in [0.717, 1.165) is 16.9 Å². The zero-order chi connectivity index (χ0) is 16.2. The fraction of sp³-hybridized carbons (Fsp3) is 0.312. The Morgan fingerprint density at radius 3 is 2.59 bits per heavy atom. The normalized spacial score (nSPS) is 11.3. The summed E-state index contributed by atoms with van der Waals surface area (Å²) >= 11 is 0. The van der Waals surface area contributed by atoms with E-state index >= 15 is 0 Å². The number of halogens is 3. The van der Waals surface area contributed by atoms with Gasteiger partial charge in [0.05, 0.1) is 0 Å². The van der Waals surface area contributed by atoms with E-state index in [4.69, 9.17) is 4.74 Å². The molecular weight excluding hydrogens is 293 g/mol. The van der Waals surface area contributed by atoms with Crippen LogP contribution in [0, 0.1) is 13.8 Å². The number of hydrogen-bond donors (Lipinski definition) is 1. The molecule has 1 aromatic carbocycles. The Labute approximate surface area is 127 Å². The molecule has 0 saturated carbocycles. The standard InChI is InChI=1S/C16H17F3N2O/c1-11-3-4-13(15(7-11)22-10-16(17,18)19)9-21-14-5-6-20-12(2)8-14/h3-8H,9-10H2,1-2H3,(H,20,21). The van der Waals surface area contributed by atoms with Crippen molar-refractivity contribution in [1.82, 2.24) is 4.98 Å².